The highest BCUT2D eigenvalue weighted by Crippen LogP contribution is 2.11. The molecule has 0 rings (SSSR count). The van der Waals surface area contributed by atoms with Crippen molar-refractivity contribution in [2.24, 2.45) is 0 Å². The van der Waals surface area contributed by atoms with E-state index in [4.69, 9.17) is 5.11 Å². The Morgan fingerprint density at radius 2 is 1.40 bits per heavy atom. The number of rotatable bonds is 13. The van der Waals surface area contributed by atoms with Crippen LogP contribution in [0.25, 0.3) is 0 Å². The highest BCUT2D eigenvalue weighted by atomic mass is 16.4. The number of carbonyl (C=O) groups is 1. The van der Waals surface area contributed by atoms with Gasteiger partial charge < -0.3 is 5.11 Å². The van der Waals surface area contributed by atoms with Gasteiger partial charge in [-0.2, -0.15) is 0 Å². The van der Waals surface area contributed by atoms with Crippen LogP contribution in [0.3, 0.4) is 0 Å². The molecule has 0 aromatic heterocycles. The molecule has 0 fully saturated rings. The molecule has 0 saturated heterocycles. The highest BCUT2D eigenvalue weighted by molar-refractivity contribution is 5.86. The van der Waals surface area contributed by atoms with Gasteiger partial charge >= 0.3 is 5.97 Å². The molecule has 0 aliphatic heterocycles. The van der Waals surface area contributed by atoms with E-state index in [0.29, 0.717) is 5.57 Å². The van der Waals surface area contributed by atoms with Crippen molar-refractivity contribution in [3.8, 4) is 0 Å². The van der Waals surface area contributed by atoms with Gasteiger partial charge in [0.1, 0.15) is 0 Å². The summed E-state index contributed by atoms with van der Waals surface area (Å²) in [5.41, 5.74) is 0.393. The Hall–Kier alpha value is -1.05. The van der Waals surface area contributed by atoms with Crippen molar-refractivity contribution in [1.29, 1.82) is 0 Å². The third-order valence-corrected chi connectivity index (χ3v) is 3.54. The lowest BCUT2D eigenvalue weighted by Crippen LogP contribution is -1.94. The molecule has 0 heterocycles. The minimum absolute atomic E-state index is 0.393. The summed E-state index contributed by atoms with van der Waals surface area (Å²) in [7, 11) is 0. The monoisotopic (exact) mass is 280 g/mol. The highest BCUT2D eigenvalue weighted by Gasteiger charge is 1.95. The predicted octanol–water partition coefficient (Wildman–Crippen LogP) is 5.88. The Morgan fingerprint density at radius 1 is 0.900 bits per heavy atom. The van der Waals surface area contributed by atoms with Crippen LogP contribution in [0.5, 0.6) is 0 Å². The molecule has 0 bridgehead atoms. The van der Waals surface area contributed by atoms with Crippen molar-refractivity contribution in [1.82, 2.24) is 0 Å². The first-order chi connectivity index (χ1) is 9.68. The molecule has 0 atom stereocenters. The van der Waals surface area contributed by atoms with Crippen molar-refractivity contribution in [3.05, 3.63) is 23.8 Å². The number of hydrogen-bond donors (Lipinski definition) is 1. The van der Waals surface area contributed by atoms with Crippen LogP contribution in [0.2, 0.25) is 0 Å². The van der Waals surface area contributed by atoms with Gasteiger partial charge in [0.2, 0.25) is 0 Å². The fourth-order valence-corrected chi connectivity index (χ4v) is 2.13. The van der Waals surface area contributed by atoms with Crippen LogP contribution in [-0.4, -0.2) is 11.1 Å². The summed E-state index contributed by atoms with van der Waals surface area (Å²) in [5.74, 6) is -0.839. The van der Waals surface area contributed by atoms with Crippen LogP contribution in [0.15, 0.2) is 23.8 Å². The van der Waals surface area contributed by atoms with Crippen LogP contribution in [-0.2, 0) is 4.79 Å². The van der Waals surface area contributed by atoms with Gasteiger partial charge in [0.05, 0.1) is 0 Å². The summed E-state index contributed by atoms with van der Waals surface area (Å²) < 4.78 is 0. The normalized spacial score (nSPS) is 12.2. The molecule has 1 N–H and O–H groups in total. The van der Waals surface area contributed by atoms with E-state index in [0.717, 1.165) is 6.42 Å². The number of unbranched alkanes of at least 4 members (excludes halogenated alkanes) is 10. The molecule has 0 unspecified atom stereocenters. The largest absolute Gasteiger partial charge is 0.478 e. The molecule has 0 aromatic carbocycles. The second kappa shape index (κ2) is 14.4. The fourth-order valence-electron chi connectivity index (χ4n) is 2.13. The zero-order valence-electron chi connectivity index (χ0n) is 13.4. The van der Waals surface area contributed by atoms with Gasteiger partial charge in [-0.1, -0.05) is 82.9 Å². The third kappa shape index (κ3) is 13.4. The zero-order chi connectivity index (χ0) is 15.1. The first kappa shape index (κ1) is 18.9. The number of allylic oxidation sites excluding steroid dienone is 3. The van der Waals surface area contributed by atoms with Gasteiger partial charge in [-0.3, -0.25) is 0 Å². The first-order valence-corrected chi connectivity index (χ1v) is 8.25. The molecule has 116 valence electrons. The lowest BCUT2D eigenvalue weighted by Gasteiger charge is -2.01. The molecule has 0 saturated carbocycles. The van der Waals surface area contributed by atoms with Gasteiger partial charge in [-0.15, -0.1) is 0 Å². The van der Waals surface area contributed by atoms with Crippen LogP contribution >= 0.6 is 0 Å². The molecule has 2 heteroatoms. The number of carboxylic acids is 1. The van der Waals surface area contributed by atoms with E-state index in [1.54, 1.807) is 13.0 Å². The van der Waals surface area contributed by atoms with Crippen molar-refractivity contribution >= 4 is 5.97 Å². The standard InChI is InChI=1S/C18H32O2/c1-3-4-5-6-7-8-9-10-11-12-13-14-15-16-17(2)18(19)20/h14-16H,3-13H2,1-2H3,(H,19,20). The SMILES string of the molecule is CCCCCCCCCCCCC=CC=C(C)C(=O)O. The van der Waals surface area contributed by atoms with E-state index in [2.05, 4.69) is 13.0 Å². The molecule has 0 aliphatic rings. The van der Waals surface area contributed by atoms with Crippen molar-refractivity contribution in [2.45, 2.75) is 84.5 Å². The number of aliphatic carboxylic acids is 1. The predicted molar refractivity (Wildman–Crippen MR) is 87.0 cm³/mol. The Balaban J connectivity index is 3.26. The fraction of sp³-hybridized carbons (Fsp3) is 0.722. The lowest BCUT2D eigenvalue weighted by atomic mass is 10.1. The van der Waals surface area contributed by atoms with Crippen molar-refractivity contribution in [3.63, 3.8) is 0 Å². The maximum absolute atomic E-state index is 10.5. The second-order valence-electron chi connectivity index (χ2n) is 5.55. The minimum atomic E-state index is -0.839. The van der Waals surface area contributed by atoms with Crippen LogP contribution in [0.1, 0.15) is 84.5 Å². The van der Waals surface area contributed by atoms with Gasteiger partial charge in [-0.25, -0.2) is 4.79 Å². The average Bonchev–Trinajstić information content (AvgIpc) is 2.43. The minimum Gasteiger partial charge on any atom is -0.478 e. The molecule has 20 heavy (non-hydrogen) atoms. The Bertz CT molecular complexity index is 290. The van der Waals surface area contributed by atoms with Gasteiger partial charge in [0.25, 0.3) is 0 Å². The number of carboxylic acid groups (broad SMARTS) is 1. The summed E-state index contributed by atoms with van der Waals surface area (Å²) >= 11 is 0. The molecule has 2 nitrogen and oxygen atoms in total. The van der Waals surface area contributed by atoms with Crippen LogP contribution in [0, 0.1) is 0 Å². The first-order valence-electron chi connectivity index (χ1n) is 8.25. The van der Waals surface area contributed by atoms with E-state index in [1.165, 1.54) is 64.2 Å². The Morgan fingerprint density at radius 3 is 1.90 bits per heavy atom. The Kier molecular flexibility index (Phi) is 13.6. The molecule has 0 aliphatic carbocycles. The van der Waals surface area contributed by atoms with E-state index >= 15 is 0 Å². The molecular formula is C18H32O2. The molecule has 0 spiro atoms. The summed E-state index contributed by atoms with van der Waals surface area (Å²) in [5, 5.41) is 8.67. The summed E-state index contributed by atoms with van der Waals surface area (Å²) in [6.07, 6.45) is 20.2. The van der Waals surface area contributed by atoms with Crippen LogP contribution in [0.4, 0.5) is 0 Å². The maximum Gasteiger partial charge on any atom is 0.331 e. The Labute approximate surface area is 125 Å². The second-order valence-corrected chi connectivity index (χ2v) is 5.55. The van der Waals surface area contributed by atoms with E-state index < -0.39 is 5.97 Å². The van der Waals surface area contributed by atoms with Gasteiger partial charge in [0.15, 0.2) is 0 Å². The van der Waals surface area contributed by atoms with Crippen molar-refractivity contribution in [2.75, 3.05) is 0 Å². The molecule has 0 aromatic rings. The van der Waals surface area contributed by atoms with Gasteiger partial charge in [-0.05, 0) is 19.8 Å². The zero-order valence-corrected chi connectivity index (χ0v) is 13.4. The van der Waals surface area contributed by atoms with Crippen LogP contribution < -0.4 is 0 Å². The summed E-state index contributed by atoms with van der Waals surface area (Å²) in [6, 6.07) is 0. The van der Waals surface area contributed by atoms with E-state index in [1.807, 2.05) is 6.08 Å². The number of hydrogen-bond acceptors (Lipinski definition) is 1. The van der Waals surface area contributed by atoms with Crippen molar-refractivity contribution < 1.29 is 9.90 Å². The van der Waals surface area contributed by atoms with E-state index in [-0.39, 0.29) is 0 Å². The van der Waals surface area contributed by atoms with Gasteiger partial charge in [0, 0.05) is 5.57 Å². The molecule has 0 amide bonds. The topological polar surface area (TPSA) is 37.3 Å². The lowest BCUT2D eigenvalue weighted by molar-refractivity contribution is -0.132. The van der Waals surface area contributed by atoms with E-state index in [9.17, 15) is 4.79 Å². The smallest absolute Gasteiger partial charge is 0.331 e. The average molecular weight is 280 g/mol. The quantitative estimate of drug-likeness (QED) is 0.260. The summed E-state index contributed by atoms with van der Waals surface area (Å²) in [6.45, 7) is 3.88. The summed E-state index contributed by atoms with van der Waals surface area (Å²) in [4.78, 5) is 10.5. The third-order valence-electron chi connectivity index (χ3n) is 3.54. The maximum atomic E-state index is 10.5. The molecular weight excluding hydrogens is 248 g/mol. The molecule has 0 radical (unpaired) electrons.